The molecule has 0 atom stereocenters. The number of thiophene rings is 2. The van der Waals surface area contributed by atoms with Crippen LogP contribution in [0.5, 0.6) is 0 Å². The van der Waals surface area contributed by atoms with E-state index in [4.69, 9.17) is 0 Å². The Labute approximate surface area is 116 Å². The van der Waals surface area contributed by atoms with Crippen LogP contribution >= 0.6 is 22.7 Å². The fourth-order valence-corrected chi connectivity index (χ4v) is 3.76. The first-order valence-corrected chi connectivity index (χ1v) is 6.93. The monoisotopic (exact) mass is 241 g/mol. The van der Waals surface area contributed by atoms with Crippen molar-refractivity contribution in [2.75, 3.05) is 18.0 Å². The van der Waals surface area contributed by atoms with Crippen molar-refractivity contribution in [3.05, 3.63) is 29.6 Å². The van der Waals surface area contributed by atoms with Gasteiger partial charge in [-0.1, -0.05) is 6.07 Å². The average molecular weight is 241 g/mol. The van der Waals surface area contributed by atoms with Crippen LogP contribution in [0.3, 0.4) is 0 Å². The summed E-state index contributed by atoms with van der Waals surface area (Å²) in [7, 11) is 0. The summed E-state index contributed by atoms with van der Waals surface area (Å²) in [6.07, 6.45) is 2.69. The number of nitrogens with zero attached hydrogens (tertiary/aromatic N) is 1. The zero-order valence-electron chi connectivity index (χ0n) is 9.40. The number of anilines is 1. The van der Waals surface area contributed by atoms with Crippen molar-refractivity contribution >= 4 is 27.7 Å². The van der Waals surface area contributed by atoms with E-state index in [1.54, 1.807) is 11.3 Å². The van der Waals surface area contributed by atoms with Gasteiger partial charge in [0.1, 0.15) is 0 Å². The van der Waals surface area contributed by atoms with Gasteiger partial charge in [0.15, 0.2) is 0 Å². The number of hydrogen-bond acceptors (Lipinski definition) is 3. The van der Waals surface area contributed by atoms with Crippen LogP contribution in [0.4, 0.5) is 5.00 Å². The molecule has 1 nitrogen and oxygen atoms in total. The molecule has 0 saturated carbocycles. The molecule has 1 fully saturated rings. The summed E-state index contributed by atoms with van der Waals surface area (Å²) < 4.78 is 0. The first kappa shape index (κ1) is 12.3. The van der Waals surface area contributed by atoms with Gasteiger partial charge in [0.05, 0.1) is 5.00 Å². The van der Waals surface area contributed by atoms with E-state index in [1.807, 2.05) is 16.7 Å². The molecule has 1 aliphatic heterocycles. The first-order valence-electron chi connectivity index (χ1n) is 5.23. The van der Waals surface area contributed by atoms with E-state index in [1.165, 1.54) is 40.7 Å². The summed E-state index contributed by atoms with van der Waals surface area (Å²) in [6.45, 7) is 2.47. The topological polar surface area (TPSA) is 3.24 Å². The SMILES string of the molecule is [Li+].[c-]1csc(-c2ccc(N3CCCC3)s2)c1. The Morgan fingerprint density at radius 2 is 1.94 bits per heavy atom. The van der Waals surface area contributed by atoms with Crippen molar-refractivity contribution in [2.24, 2.45) is 0 Å². The quantitative estimate of drug-likeness (QED) is 0.557. The minimum Gasteiger partial charge on any atom is -0.363 e. The fraction of sp³-hybridized carbons (Fsp3) is 0.333. The maximum absolute atomic E-state index is 3.12. The third-order valence-electron chi connectivity index (χ3n) is 2.72. The van der Waals surface area contributed by atoms with E-state index >= 15 is 0 Å². The van der Waals surface area contributed by atoms with Crippen LogP contribution in [-0.4, -0.2) is 13.1 Å². The molecule has 0 spiro atoms. The van der Waals surface area contributed by atoms with Crippen molar-refractivity contribution in [3.8, 4) is 9.75 Å². The van der Waals surface area contributed by atoms with E-state index in [0.29, 0.717) is 0 Å². The van der Waals surface area contributed by atoms with Gasteiger partial charge in [-0.3, -0.25) is 11.3 Å². The average Bonchev–Trinajstić information content (AvgIpc) is 3.02. The second-order valence-electron chi connectivity index (χ2n) is 3.74. The third kappa shape index (κ3) is 2.38. The van der Waals surface area contributed by atoms with E-state index in [-0.39, 0.29) is 18.9 Å². The molecule has 0 aromatic carbocycles. The molecule has 0 unspecified atom stereocenters. The summed E-state index contributed by atoms with van der Waals surface area (Å²) in [4.78, 5) is 5.21. The molecule has 3 heterocycles. The van der Waals surface area contributed by atoms with Gasteiger partial charge in [-0.05, 0) is 23.8 Å². The van der Waals surface area contributed by atoms with Crippen molar-refractivity contribution in [2.45, 2.75) is 12.8 Å². The molecule has 0 bridgehead atoms. The zero-order chi connectivity index (χ0) is 10.1. The smallest absolute Gasteiger partial charge is 0.363 e. The second-order valence-corrected chi connectivity index (χ2v) is 5.72. The van der Waals surface area contributed by atoms with Gasteiger partial charge < -0.3 is 4.90 Å². The third-order valence-corrected chi connectivity index (χ3v) is 4.87. The summed E-state index contributed by atoms with van der Waals surface area (Å²) in [6, 6.07) is 9.68. The van der Waals surface area contributed by atoms with E-state index in [9.17, 15) is 0 Å². The van der Waals surface area contributed by atoms with Gasteiger partial charge in [0.25, 0.3) is 0 Å². The molecule has 16 heavy (non-hydrogen) atoms. The fourth-order valence-electron chi connectivity index (χ4n) is 1.94. The van der Waals surface area contributed by atoms with Crippen LogP contribution in [0, 0.1) is 6.07 Å². The Balaban J connectivity index is 0.000000963. The van der Waals surface area contributed by atoms with Gasteiger partial charge in [0.2, 0.25) is 0 Å². The Kier molecular flexibility index (Phi) is 4.15. The molecule has 1 saturated heterocycles. The second kappa shape index (κ2) is 5.42. The van der Waals surface area contributed by atoms with Crippen molar-refractivity contribution in [3.63, 3.8) is 0 Å². The minimum atomic E-state index is 0. The maximum Gasteiger partial charge on any atom is 1.00 e. The van der Waals surface area contributed by atoms with E-state index < -0.39 is 0 Å². The predicted molar refractivity (Wildman–Crippen MR) is 67.9 cm³/mol. The Morgan fingerprint density at radius 3 is 2.62 bits per heavy atom. The molecular formula is C12H12LiNS2. The Morgan fingerprint density at radius 1 is 1.12 bits per heavy atom. The van der Waals surface area contributed by atoms with Crippen LogP contribution in [0.2, 0.25) is 0 Å². The van der Waals surface area contributed by atoms with Crippen LogP contribution in [0.1, 0.15) is 12.8 Å². The summed E-state index contributed by atoms with van der Waals surface area (Å²) in [5.74, 6) is 0. The largest absolute Gasteiger partial charge is 1.00 e. The predicted octanol–water partition coefficient (Wildman–Crippen LogP) is 0.881. The molecular weight excluding hydrogens is 229 g/mol. The number of hydrogen-bond donors (Lipinski definition) is 0. The molecule has 2 aromatic rings. The van der Waals surface area contributed by atoms with Crippen LogP contribution in [0.15, 0.2) is 23.6 Å². The molecule has 0 radical (unpaired) electrons. The van der Waals surface area contributed by atoms with Crippen molar-refractivity contribution in [1.82, 2.24) is 0 Å². The molecule has 0 aliphatic carbocycles. The minimum absolute atomic E-state index is 0. The van der Waals surface area contributed by atoms with Crippen LogP contribution < -0.4 is 23.8 Å². The normalized spacial score (nSPS) is 15.1. The molecule has 3 rings (SSSR count). The van der Waals surface area contributed by atoms with Gasteiger partial charge in [0, 0.05) is 13.1 Å². The van der Waals surface area contributed by atoms with Crippen molar-refractivity contribution < 1.29 is 18.9 Å². The summed E-state index contributed by atoms with van der Waals surface area (Å²) in [5, 5.41) is 3.45. The van der Waals surface area contributed by atoms with Gasteiger partial charge in [-0.25, -0.2) is 12.1 Å². The first-order chi connectivity index (χ1) is 7.43. The summed E-state index contributed by atoms with van der Waals surface area (Å²) in [5.41, 5.74) is 0. The van der Waals surface area contributed by atoms with Gasteiger partial charge in [-0.15, -0.1) is 21.6 Å². The number of rotatable bonds is 2. The molecule has 4 heteroatoms. The molecule has 2 aromatic heterocycles. The van der Waals surface area contributed by atoms with E-state index in [2.05, 4.69) is 29.2 Å². The molecule has 1 aliphatic rings. The van der Waals surface area contributed by atoms with Gasteiger partial charge >= 0.3 is 18.9 Å². The van der Waals surface area contributed by atoms with Crippen LogP contribution in [-0.2, 0) is 0 Å². The standard InChI is InChI=1S/C12H12NS2.Li/c1-2-8-13(7-1)12-6-5-11(15-12)10-4-3-9-14-10;/h4-6,9H,1-2,7-8H2;/q-1;+1. The Hall–Kier alpha value is -0.203. The van der Waals surface area contributed by atoms with Crippen LogP contribution in [0.25, 0.3) is 9.75 Å². The zero-order valence-corrected chi connectivity index (χ0v) is 11.0. The maximum atomic E-state index is 3.12. The van der Waals surface area contributed by atoms with Crippen molar-refractivity contribution in [1.29, 1.82) is 0 Å². The molecule has 78 valence electrons. The Bertz CT molecular complexity index is 430. The summed E-state index contributed by atoms with van der Waals surface area (Å²) >= 11 is 3.67. The molecule has 0 N–H and O–H groups in total. The van der Waals surface area contributed by atoms with Gasteiger partial charge in [-0.2, -0.15) is 0 Å². The van der Waals surface area contributed by atoms with E-state index in [0.717, 1.165) is 0 Å². The molecule has 0 amide bonds.